The standard InChI is InChI=1S/C14H26N2OSi/c1-11(2)18(12(3)4,13(5)6)10-9-16-8-7-15-14(16)17/h11-13H,7-8H2,1-6H3,(H,15,17). The predicted molar refractivity (Wildman–Crippen MR) is 78.9 cm³/mol. The minimum atomic E-state index is -1.71. The highest BCUT2D eigenvalue weighted by Crippen LogP contribution is 2.40. The van der Waals surface area contributed by atoms with E-state index in [1.54, 1.807) is 4.90 Å². The fourth-order valence-electron chi connectivity index (χ4n) is 3.18. The van der Waals surface area contributed by atoms with Crippen molar-refractivity contribution in [1.29, 1.82) is 0 Å². The molecule has 1 aliphatic rings. The van der Waals surface area contributed by atoms with Gasteiger partial charge in [-0.1, -0.05) is 41.5 Å². The van der Waals surface area contributed by atoms with E-state index >= 15 is 0 Å². The number of amides is 2. The first-order chi connectivity index (χ1) is 8.32. The molecule has 4 heteroatoms. The van der Waals surface area contributed by atoms with E-state index in [0.717, 1.165) is 0 Å². The number of hydrogen-bond acceptors (Lipinski definition) is 1. The lowest BCUT2D eigenvalue weighted by atomic mass is 10.5. The van der Waals surface area contributed by atoms with Crippen LogP contribution >= 0.6 is 0 Å². The molecule has 1 saturated heterocycles. The molecular weight excluding hydrogens is 240 g/mol. The van der Waals surface area contributed by atoms with Crippen LogP contribution in [0.3, 0.4) is 0 Å². The van der Waals surface area contributed by atoms with Crippen LogP contribution in [0.15, 0.2) is 0 Å². The summed E-state index contributed by atoms with van der Waals surface area (Å²) in [4.78, 5) is 13.2. The van der Waals surface area contributed by atoms with Crippen molar-refractivity contribution in [3.8, 4) is 11.6 Å². The minimum absolute atomic E-state index is 0.0401. The zero-order valence-electron chi connectivity index (χ0n) is 12.5. The van der Waals surface area contributed by atoms with Gasteiger partial charge in [-0.25, -0.2) is 4.79 Å². The molecule has 0 atom stereocenters. The van der Waals surface area contributed by atoms with Crippen LogP contribution in [0.4, 0.5) is 4.79 Å². The van der Waals surface area contributed by atoms with E-state index in [2.05, 4.69) is 58.4 Å². The Bertz CT molecular complexity index is 344. The lowest BCUT2D eigenvalue weighted by molar-refractivity contribution is 0.232. The van der Waals surface area contributed by atoms with E-state index in [-0.39, 0.29) is 6.03 Å². The van der Waals surface area contributed by atoms with Gasteiger partial charge in [0.2, 0.25) is 0 Å². The van der Waals surface area contributed by atoms with Gasteiger partial charge in [-0.3, -0.25) is 4.90 Å². The van der Waals surface area contributed by atoms with Crippen LogP contribution in [0.2, 0.25) is 16.6 Å². The highest BCUT2D eigenvalue weighted by atomic mass is 28.3. The third-order valence-corrected chi connectivity index (χ3v) is 10.4. The maximum Gasteiger partial charge on any atom is 0.329 e. The zero-order valence-corrected chi connectivity index (χ0v) is 13.5. The summed E-state index contributed by atoms with van der Waals surface area (Å²) in [5, 5.41) is 2.79. The van der Waals surface area contributed by atoms with Crippen molar-refractivity contribution in [2.24, 2.45) is 0 Å². The normalized spacial score (nSPS) is 16.3. The molecule has 18 heavy (non-hydrogen) atoms. The Kier molecular flexibility index (Phi) is 4.86. The van der Waals surface area contributed by atoms with Crippen molar-refractivity contribution >= 4 is 14.1 Å². The van der Waals surface area contributed by atoms with Gasteiger partial charge in [0, 0.05) is 12.6 Å². The summed E-state index contributed by atoms with van der Waals surface area (Å²) in [5.41, 5.74) is 5.38. The van der Waals surface area contributed by atoms with Gasteiger partial charge in [0.05, 0.1) is 6.54 Å². The van der Waals surface area contributed by atoms with Gasteiger partial charge in [-0.05, 0) is 16.6 Å². The predicted octanol–water partition coefficient (Wildman–Crippen LogP) is 3.19. The van der Waals surface area contributed by atoms with E-state index in [1.165, 1.54) is 0 Å². The maximum atomic E-state index is 11.5. The first-order valence-electron chi connectivity index (χ1n) is 6.90. The monoisotopic (exact) mass is 266 g/mol. The molecule has 1 aliphatic heterocycles. The van der Waals surface area contributed by atoms with Crippen LogP contribution in [0.5, 0.6) is 0 Å². The van der Waals surface area contributed by atoms with Crippen LogP contribution in [-0.2, 0) is 0 Å². The number of hydrogen-bond donors (Lipinski definition) is 1. The first kappa shape index (κ1) is 15.1. The summed E-state index contributed by atoms with van der Waals surface area (Å²) in [6.45, 7) is 15.1. The van der Waals surface area contributed by atoms with Gasteiger partial charge >= 0.3 is 6.03 Å². The Balaban J connectivity index is 3.05. The van der Waals surface area contributed by atoms with Crippen LogP contribution < -0.4 is 5.32 Å². The summed E-state index contributed by atoms with van der Waals surface area (Å²) in [7, 11) is -1.71. The Morgan fingerprint density at radius 1 is 1.11 bits per heavy atom. The molecule has 0 aliphatic carbocycles. The summed E-state index contributed by atoms with van der Waals surface area (Å²) < 4.78 is 0. The molecule has 0 radical (unpaired) electrons. The summed E-state index contributed by atoms with van der Waals surface area (Å²) >= 11 is 0. The fourth-order valence-corrected chi connectivity index (χ4v) is 8.37. The molecule has 0 unspecified atom stereocenters. The molecular formula is C14H26N2OSi. The van der Waals surface area contributed by atoms with Crippen LogP contribution in [0.1, 0.15) is 41.5 Å². The molecule has 102 valence electrons. The number of rotatable bonds is 3. The molecule has 1 N–H and O–H groups in total. The quantitative estimate of drug-likeness (QED) is 0.617. The van der Waals surface area contributed by atoms with E-state index in [9.17, 15) is 4.79 Å². The lowest BCUT2D eigenvalue weighted by Crippen LogP contribution is -2.43. The third kappa shape index (κ3) is 2.72. The Morgan fingerprint density at radius 2 is 1.61 bits per heavy atom. The van der Waals surface area contributed by atoms with Crippen LogP contribution in [0.25, 0.3) is 0 Å². The molecule has 2 amide bonds. The van der Waals surface area contributed by atoms with Gasteiger partial charge in [-0.15, -0.1) is 5.54 Å². The van der Waals surface area contributed by atoms with Crippen molar-refractivity contribution in [3.63, 3.8) is 0 Å². The smallest absolute Gasteiger partial charge is 0.329 e. The second-order valence-corrected chi connectivity index (χ2v) is 11.6. The number of carbonyl (C=O) groups is 1. The highest BCUT2D eigenvalue weighted by molar-refractivity contribution is 6.90. The molecule has 0 aromatic carbocycles. The van der Waals surface area contributed by atoms with E-state index < -0.39 is 8.07 Å². The molecule has 0 aromatic heterocycles. The van der Waals surface area contributed by atoms with Crippen molar-refractivity contribution in [2.45, 2.75) is 58.2 Å². The molecule has 0 saturated carbocycles. The van der Waals surface area contributed by atoms with Gasteiger partial charge in [0.1, 0.15) is 8.07 Å². The first-order valence-corrected chi connectivity index (χ1v) is 9.13. The van der Waals surface area contributed by atoms with Crippen molar-refractivity contribution in [1.82, 2.24) is 10.2 Å². The second-order valence-electron chi connectivity index (χ2n) is 6.02. The van der Waals surface area contributed by atoms with Crippen molar-refractivity contribution in [2.75, 3.05) is 13.1 Å². The van der Waals surface area contributed by atoms with E-state index in [0.29, 0.717) is 29.7 Å². The molecule has 3 nitrogen and oxygen atoms in total. The summed E-state index contributed by atoms with van der Waals surface area (Å²) in [5.74, 6) is 0. The minimum Gasteiger partial charge on any atom is -0.335 e. The molecule has 1 rings (SSSR count). The van der Waals surface area contributed by atoms with Gasteiger partial charge in [-0.2, -0.15) is 0 Å². The summed E-state index contributed by atoms with van der Waals surface area (Å²) in [6, 6.07) is 3.11. The Morgan fingerprint density at radius 3 is 1.94 bits per heavy atom. The summed E-state index contributed by atoms with van der Waals surface area (Å²) in [6.07, 6.45) is 0. The van der Waals surface area contributed by atoms with Crippen LogP contribution in [-0.4, -0.2) is 32.1 Å². The molecule has 0 bridgehead atoms. The average molecular weight is 266 g/mol. The number of nitrogens with zero attached hydrogens (tertiary/aromatic N) is 1. The molecule has 0 spiro atoms. The molecule has 1 fully saturated rings. The number of nitrogens with one attached hydrogen (secondary N) is 1. The van der Waals surface area contributed by atoms with Crippen molar-refractivity contribution < 1.29 is 4.79 Å². The topological polar surface area (TPSA) is 32.3 Å². The van der Waals surface area contributed by atoms with Crippen molar-refractivity contribution in [3.05, 3.63) is 0 Å². The second kappa shape index (κ2) is 5.79. The maximum absolute atomic E-state index is 11.5. The fraction of sp³-hybridized carbons (Fsp3) is 0.786. The largest absolute Gasteiger partial charge is 0.335 e. The van der Waals surface area contributed by atoms with Gasteiger partial charge in [0.25, 0.3) is 0 Å². The SMILES string of the molecule is CC(C)[Si](C#CN1CCNC1=O)(C(C)C)C(C)C. The average Bonchev–Trinajstić information content (AvgIpc) is 2.63. The highest BCUT2D eigenvalue weighted by Gasteiger charge is 2.42. The zero-order chi connectivity index (χ0) is 13.9. The molecule has 0 aromatic rings. The Hall–Kier alpha value is -0.953. The van der Waals surface area contributed by atoms with E-state index in [1.807, 2.05) is 0 Å². The van der Waals surface area contributed by atoms with Gasteiger partial charge < -0.3 is 5.32 Å². The number of carbonyl (C=O) groups excluding carboxylic acids is 1. The lowest BCUT2D eigenvalue weighted by Gasteiger charge is -2.38. The third-order valence-electron chi connectivity index (χ3n) is 4.13. The van der Waals surface area contributed by atoms with Crippen LogP contribution in [0, 0.1) is 11.6 Å². The Labute approximate surface area is 112 Å². The molecule has 1 heterocycles. The van der Waals surface area contributed by atoms with Gasteiger partial charge in [0.15, 0.2) is 0 Å². The number of urea groups is 1. The van der Waals surface area contributed by atoms with E-state index in [4.69, 9.17) is 0 Å².